The molecule has 1 saturated heterocycles. The highest BCUT2D eigenvalue weighted by Gasteiger charge is 2.39. The molecule has 7 heteroatoms. The molecule has 2 heterocycles. The number of carbonyl (C=O) groups is 2. The fraction of sp³-hybridized carbons (Fsp3) is 0.417. The number of aryl methyl sites for hydroxylation is 1. The first kappa shape index (κ1) is 13.3. The molecule has 0 aromatic carbocycles. The summed E-state index contributed by atoms with van der Waals surface area (Å²) in [4.78, 5) is 28.2. The van der Waals surface area contributed by atoms with Crippen molar-refractivity contribution in [2.24, 2.45) is 0 Å². The lowest BCUT2D eigenvalue weighted by Crippen LogP contribution is -2.43. The SMILES string of the molecule is Cc1ncccc1NC(=O)N1C[C@@H](O)C[C@H]1C(=O)O. The molecule has 1 aliphatic heterocycles. The summed E-state index contributed by atoms with van der Waals surface area (Å²) in [6.07, 6.45) is 0.848. The first-order valence-electron chi connectivity index (χ1n) is 5.89. The van der Waals surface area contributed by atoms with E-state index in [-0.39, 0.29) is 13.0 Å². The van der Waals surface area contributed by atoms with Gasteiger partial charge < -0.3 is 20.4 Å². The molecule has 2 amide bonds. The number of carbonyl (C=O) groups excluding carboxylic acids is 1. The fourth-order valence-corrected chi connectivity index (χ4v) is 2.08. The van der Waals surface area contributed by atoms with Crippen molar-refractivity contribution >= 4 is 17.7 Å². The van der Waals surface area contributed by atoms with Crippen LogP contribution in [0.3, 0.4) is 0 Å². The van der Waals surface area contributed by atoms with Crippen LogP contribution in [0.25, 0.3) is 0 Å². The summed E-state index contributed by atoms with van der Waals surface area (Å²) >= 11 is 0. The van der Waals surface area contributed by atoms with E-state index in [1.54, 1.807) is 25.3 Å². The van der Waals surface area contributed by atoms with Crippen LogP contribution in [0.4, 0.5) is 10.5 Å². The van der Waals surface area contributed by atoms with E-state index in [0.717, 1.165) is 4.90 Å². The molecule has 0 bridgehead atoms. The Labute approximate surface area is 109 Å². The summed E-state index contributed by atoms with van der Waals surface area (Å²) < 4.78 is 0. The molecule has 0 unspecified atom stereocenters. The Kier molecular flexibility index (Phi) is 3.66. The molecule has 1 aromatic heterocycles. The number of nitrogens with zero attached hydrogens (tertiary/aromatic N) is 2. The fourth-order valence-electron chi connectivity index (χ4n) is 2.08. The molecular formula is C12H15N3O4. The molecule has 0 spiro atoms. The van der Waals surface area contributed by atoms with Gasteiger partial charge in [-0.3, -0.25) is 4.98 Å². The van der Waals surface area contributed by atoms with Crippen molar-refractivity contribution in [1.29, 1.82) is 0 Å². The van der Waals surface area contributed by atoms with Crippen LogP contribution in [0.15, 0.2) is 18.3 Å². The van der Waals surface area contributed by atoms with Crippen LogP contribution >= 0.6 is 0 Å². The molecule has 102 valence electrons. The van der Waals surface area contributed by atoms with Gasteiger partial charge in [-0.1, -0.05) is 0 Å². The number of β-amino-alcohol motifs (C(OH)–C–C–N with tert-alkyl or cyclic N) is 1. The monoisotopic (exact) mass is 265 g/mol. The molecule has 0 saturated carbocycles. The minimum atomic E-state index is -1.12. The van der Waals surface area contributed by atoms with Gasteiger partial charge in [-0.2, -0.15) is 0 Å². The molecule has 0 radical (unpaired) electrons. The van der Waals surface area contributed by atoms with Gasteiger partial charge in [0, 0.05) is 19.2 Å². The average molecular weight is 265 g/mol. The number of urea groups is 1. The van der Waals surface area contributed by atoms with Gasteiger partial charge in [0.05, 0.1) is 17.5 Å². The number of aliphatic hydroxyl groups is 1. The van der Waals surface area contributed by atoms with Gasteiger partial charge in [0.25, 0.3) is 0 Å². The van der Waals surface area contributed by atoms with Crippen molar-refractivity contribution in [2.75, 3.05) is 11.9 Å². The second-order valence-electron chi connectivity index (χ2n) is 4.46. The second-order valence-corrected chi connectivity index (χ2v) is 4.46. The Hall–Kier alpha value is -2.15. The van der Waals surface area contributed by atoms with E-state index in [1.165, 1.54) is 0 Å². The lowest BCUT2D eigenvalue weighted by atomic mass is 10.2. The summed E-state index contributed by atoms with van der Waals surface area (Å²) in [5.74, 6) is -1.12. The Morgan fingerprint density at radius 3 is 2.89 bits per heavy atom. The van der Waals surface area contributed by atoms with Crippen molar-refractivity contribution in [3.05, 3.63) is 24.0 Å². The van der Waals surface area contributed by atoms with E-state index in [0.29, 0.717) is 11.4 Å². The van der Waals surface area contributed by atoms with Gasteiger partial charge in [0.15, 0.2) is 0 Å². The van der Waals surface area contributed by atoms with Crippen LogP contribution in [-0.4, -0.2) is 50.8 Å². The third kappa shape index (κ3) is 2.82. The number of rotatable bonds is 2. The van der Waals surface area contributed by atoms with Crippen molar-refractivity contribution in [2.45, 2.75) is 25.5 Å². The molecule has 7 nitrogen and oxygen atoms in total. The zero-order valence-electron chi connectivity index (χ0n) is 10.4. The standard InChI is InChI=1S/C12H15N3O4/c1-7-9(3-2-4-13-7)14-12(19)15-6-8(16)5-10(15)11(17)18/h2-4,8,10,16H,5-6H2,1H3,(H,14,19)(H,17,18)/t8-,10-/m0/s1. The number of likely N-dealkylation sites (tertiary alicyclic amines) is 1. The summed E-state index contributed by atoms with van der Waals surface area (Å²) in [6, 6.07) is 1.82. The average Bonchev–Trinajstić information content (AvgIpc) is 2.74. The quantitative estimate of drug-likeness (QED) is 0.720. The van der Waals surface area contributed by atoms with Crippen LogP contribution < -0.4 is 5.32 Å². The van der Waals surface area contributed by atoms with Gasteiger partial charge in [-0.25, -0.2) is 9.59 Å². The Bertz CT molecular complexity index is 506. The maximum absolute atomic E-state index is 12.0. The summed E-state index contributed by atoms with van der Waals surface area (Å²) in [6.45, 7) is 1.76. The zero-order chi connectivity index (χ0) is 14.0. The number of pyridine rings is 1. The number of aliphatic carboxylic acids is 1. The van der Waals surface area contributed by atoms with E-state index < -0.39 is 24.1 Å². The van der Waals surface area contributed by atoms with Crippen molar-refractivity contribution < 1.29 is 19.8 Å². The zero-order valence-corrected chi connectivity index (χ0v) is 10.4. The summed E-state index contributed by atoms with van der Waals surface area (Å²) in [7, 11) is 0. The normalized spacial score (nSPS) is 22.3. The van der Waals surface area contributed by atoms with Crippen molar-refractivity contribution in [3.8, 4) is 0 Å². The van der Waals surface area contributed by atoms with Gasteiger partial charge in [0.2, 0.25) is 0 Å². The first-order chi connectivity index (χ1) is 8.99. The number of amides is 2. The molecule has 1 aliphatic rings. The first-order valence-corrected chi connectivity index (χ1v) is 5.89. The molecule has 0 aliphatic carbocycles. The number of nitrogens with one attached hydrogen (secondary N) is 1. The van der Waals surface area contributed by atoms with Crippen LogP contribution in [0.5, 0.6) is 0 Å². The molecule has 19 heavy (non-hydrogen) atoms. The van der Waals surface area contributed by atoms with E-state index >= 15 is 0 Å². The summed E-state index contributed by atoms with van der Waals surface area (Å²) in [5, 5.41) is 21.1. The second kappa shape index (κ2) is 5.23. The van der Waals surface area contributed by atoms with Crippen LogP contribution in [0.2, 0.25) is 0 Å². The number of anilines is 1. The third-order valence-corrected chi connectivity index (χ3v) is 3.07. The Balaban J connectivity index is 2.11. The smallest absolute Gasteiger partial charge is 0.326 e. The maximum Gasteiger partial charge on any atom is 0.326 e. The Morgan fingerprint density at radius 2 is 2.26 bits per heavy atom. The number of carboxylic acids is 1. The minimum Gasteiger partial charge on any atom is -0.480 e. The minimum absolute atomic E-state index is 0.0160. The van der Waals surface area contributed by atoms with E-state index in [9.17, 15) is 14.7 Å². The van der Waals surface area contributed by atoms with Gasteiger partial charge in [0.1, 0.15) is 6.04 Å². The topological polar surface area (TPSA) is 103 Å². The van der Waals surface area contributed by atoms with Gasteiger partial charge >= 0.3 is 12.0 Å². The highest BCUT2D eigenvalue weighted by Crippen LogP contribution is 2.20. The van der Waals surface area contributed by atoms with E-state index in [4.69, 9.17) is 5.11 Å². The number of carboxylic acid groups (broad SMARTS) is 1. The van der Waals surface area contributed by atoms with Gasteiger partial charge in [-0.05, 0) is 19.1 Å². The number of hydrogen-bond donors (Lipinski definition) is 3. The maximum atomic E-state index is 12.0. The lowest BCUT2D eigenvalue weighted by molar-refractivity contribution is -0.141. The molecular weight excluding hydrogens is 250 g/mol. The molecule has 1 fully saturated rings. The number of aromatic nitrogens is 1. The van der Waals surface area contributed by atoms with Crippen molar-refractivity contribution in [1.82, 2.24) is 9.88 Å². The highest BCUT2D eigenvalue weighted by atomic mass is 16.4. The predicted octanol–water partition coefficient (Wildman–Crippen LogP) is 0.442. The highest BCUT2D eigenvalue weighted by molar-refractivity contribution is 5.93. The van der Waals surface area contributed by atoms with E-state index in [2.05, 4.69) is 10.3 Å². The predicted molar refractivity (Wildman–Crippen MR) is 66.7 cm³/mol. The molecule has 1 aromatic rings. The molecule has 2 atom stereocenters. The largest absolute Gasteiger partial charge is 0.480 e. The van der Waals surface area contributed by atoms with Gasteiger partial charge in [-0.15, -0.1) is 0 Å². The molecule has 3 N–H and O–H groups in total. The molecule has 2 rings (SSSR count). The van der Waals surface area contributed by atoms with Crippen molar-refractivity contribution in [3.63, 3.8) is 0 Å². The third-order valence-electron chi connectivity index (χ3n) is 3.07. The van der Waals surface area contributed by atoms with Crippen LogP contribution in [0, 0.1) is 6.92 Å². The van der Waals surface area contributed by atoms with Crippen LogP contribution in [0.1, 0.15) is 12.1 Å². The Morgan fingerprint density at radius 1 is 1.53 bits per heavy atom. The van der Waals surface area contributed by atoms with E-state index in [1.807, 2.05) is 0 Å². The number of hydrogen-bond acceptors (Lipinski definition) is 4. The lowest BCUT2D eigenvalue weighted by Gasteiger charge is -2.21. The van der Waals surface area contributed by atoms with Crippen LogP contribution in [-0.2, 0) is 4.79 Å². The number of aliphatic hydroxyl groups excluding tert-OH is 1. The summed E-state index contributed by atoms with van der Waals surface area (Å²) in [5.41, 5.74) is 1.17.